The zero-order valence-electron chi connectivity index (χ0n) is 12.9. The molecule has 116 valence electrons. The molecule has 0 bridgehead atoms. The number of nitrogens with one attached hydrogen (secondary N) is 1. The molecular weight excluding hydrogens is 262 g/mol. The van der Waals surface area contributed by atoms with Crippen molar-refractivity contribution in [2.24, 2.45) is 5.92 Å². The molecule has 1 aliphatic heterocycles. The van der Waals surface area contributed by atoms with E-state index in [1.165, 1.54) is 44.9 Å². The van der Waals surface area contributed by atoms with Crippen molar-refractivity contribution in [3.05, 3.63) is 24.3 Å². The molecule has 0 radical (unpaired) electrons. The average molecular weight is 289 g/mol. The highest BCUT2D eigenvalue weighted by Gasteiger charge is 2.18. The molecule has 2 aliphatic rings. The maximum Gasteiger partial charge on any atom is 0.161 e. The molecule has 0 unspecified atom stereocenters. The van der Waals surface area contributed by atoms with Crippen LogP contribution in [0.4, 0.5) is 0 Å². The van der Waals surface area contributed by atoms with E-state index in [1.54, 1.807) is 0 Å². The van der Waals surface area contributed by atoms with Crippen LogP contribution in [0.2, 0.25) is 0 Å². The van der Waals surface area contributed by atoms with Crippen molar-refractivity contribution in [2.45, 2.75) is 51.0 Å². The lowest BCUT2D eigenvalue weighted by Gasteiger charge is -2.26. The predicted octanol–water partition coefficient (Wildman–Crippen LogP) is 3.78. The molecule has 0 spiro atoms. The first-order chi connectivity index (χ1) is 10.4. The molecule has 1 N–H and O–H groups in total. The van der Waals surface area contributed by atoms with Crippen LogP contribution in [0.3, 0.4) is 0 Å². The summed E-state index contributed by atoms with van der Waals surface area (Å²) in [5.74, 6) is 2.46. The lowest BCUT2D eigenvalue weighted by molar-refractivity contribution is 0.142. The standard InChI is InChI=1S/C18H27NO2/c1-2-8-16(9-3-1)21-18-11-5-4-10-17(18)20-14-15-7-6-12-19-13-15/h4-5,10-11,15-16,19H,1-3,6-9,12-14H2/t15-/m0/s1. The van der Waals surface area contributed by atoms with Crippen molar-refractivity contribution < 1.29 is 9.47 Å². The Morgan fingerprint density at radius 3 is 2.52 bits per heavy atom. The van der Waals surface area contributed by atoms with Crippen LogP contribution in [0.25, 0.3) is 0 Å². The van der Waals surface area contributed by atoms with Crippen LogP contribution < -0.4 is 14.8 Å². The van der Waals surface area contributed by atoms with Crippen molar-refractivity contribution in [2.75, 3.05) is 19.7 Å². The van der Waals surface area contributed by atoms with Gasteiger partial charge in [0.1, 0.15) is 0 Å². The molecule has 1 aromatic carbocycles. The van der Waals surface area contributed by atoms with Gasteiger partial charge in [-0.05, 0) is 57.2 Å². The zero-order chi connectivity index (χ0) is 14.3. The quantitative estimate of drug-likeness (QED) is 0.895. The number of hydrogen-bond donors (Lipinski definition) is 1. The lowest BCUT2D eigenvalue weighted by atomic mass is 9.98. The van der Waals surface area contributed by atoms with E-state index >= 15 is 0 Å². The Morgan fingerprint density at radius 2 is 1.76 bits per heavy atom. The number of benzene rings is 1. The predicted molar refractivity (Wildman–Crippen MR) is 85.0 cm³/mol. The number of hydrogen-bond acceptors (Lipinski definition) is 3. The molecule has 21 heavy (non-hydrogen) atoms. The highest BCUT2D eigenvalue weighted by Crippen LogP contribution is 2.31. The maximum atomic E-state index is 6.19. The number of rotatable bonds is 5. The zero-order valence-corrected chi connectivity index (χ0v) is 12.9. The number of para-hydroxylation sites is 2. The third kappa shape index (κ3) is 4.37. The van der Waals surface area contributed by atoms with Gasteiger partial charge in [-0.2, -0.15) is 0 Å². The largest absolute Gasteiger partial charge is 0.489 e. The summed E-state index contributed by atoms with van der Waals surface area (Å²) in [5.41, 5.74) is 0. The molecule has 0 aromatic heterocycles. The van der Waals surface area contributed by atoms with E-state index in [4.69, 9.17) is 9.47 Å². The third-order valence-corrected chi connectivity index (χ3v) is 4.57. The second kappa shape index (κ2) is 7.69. The second-order valence-corrected chi connectivity index (χ2v) is 6.35. The van der Waals surface area contributed by atoms with Crippen LogP contribution in [0.1, 0.15) is 44.9 Å². The minimum Gasteiger partial charge on any atom is -0.489 e. The molecule has 3 nitrogen and oxygen atoms in total. The van der Waals surface area contributed by atoms with Gasteiger partial charge in [0, 0.05) is 12.5 Å². The molecule has 1 aliphatic carbocycles. The van der Waals surface area contributed by atoms with Gasteiger partial charge in [0.25, 0.3) is 0 Å². The van der Waals surface area contributed by atoms with Gasteiger partial charge in [-0.1, -0.05) is 18.6 Å². The summed E-state index contributed by atoms with van der Waals surface area (Å²) in [6, 6.07) is 8.15. The van der Waals surface area contributed by atoms with Crippen molar-refractivity contribution in [1.82, 2.24) is 5.32 Å². The van der Waals surface area contributed by atoms with E-state index in [1.807, 2.05) is 24.3 Å². The minimum absolute atomic E-state index is 0.375. The van der Waals surface area contributed by atoms with Crippen LogP contribution in [-0.2, 0) is 0 Å². The van der Waals surface area contributed by atoms with Crippen molar-refractivity contribution in [1.29, 1.82) is 0 Å². The van der Waals surface area contributed by atoms with Crippen LogP contribution >= 0.6 is 0 Å². The van der Waals surface area contributed by atoms with Crippen molar-refractivity contribution in [3.63, 3.8) is 0 Å². The van der Waals surface area contributed by atoms with E-state index in [9.17, 15) is 0 Å². The van der Waals surface area contributed by atoms with E-state index in [0.717, 1.165) is 31.2 Å². The van der Waals surface area contributed by atoms with Gasteiger partial charge in [0.05, 0.1) is 12.7 Å². The molecule has 1 saturated heterocycles. The average Bonchev–Trinajstić information content (AvgIpc) is 2.56. The van der Waals surface area contributed by atoms with E-state index < -0.39 is 0 Å². The molecule has 1 saturated carbocycles. The fourth-order valence-corrected chi connectivity index (χ4v) is 3.30. The summed E-state index contributed by atoms with van der Waals surface area (Å²) in [6.07, 6.45) is 9.20. The summed E-state index contributed by atoms with van der Waals surface area (Å²) in [4.78, 5) is 0. The smallest absolute Gasteiger partial charge is 0.161 e. The van der Waals surface area contributed by atoms with E-state index in [0.29, 0.717) is 12.0 Å². The molecule has 3 heteroatoms. The van der Waals surface area contributed by atoms with Crippen LogP contribution in [-0.4, -0.2) is 25.8 Å². The minimum atomic E-state index is 0.375. The van der Waals surface area contributed by atoms with Gasteiger partial charge in [-0.25, -0.2) is 0 Å². The summed E-state index contributed by atoms with van der Waals surface area (Å²) in [5, 5.41) is 3.44. The van der Waals surface area contributed by atoms with Crippen LogP contribution in [0.5, 0.6) is 11.5 Å². The second-order valence-electron chi connectivity index (χ2n) is 6.35. The highest BCUT2D eigenvalue weighted by atomic mass is 16.5. The fourth-order valence-electron chi connectivity index (χ4n) is 3.30. The Hall–Kier alpha value is -1.22. The van der Waals surface area contributed by atoms with E-state index in [-0.39, 0.29) is 0 Å². The first-order valence-corrected chi connectivity index (χ1v) is 8.51. The summed E-state index contributed by atoms with van der Waals surface area (Å²) in [6.45, 7) is 3.02. The van der Waals surface area contributed by atoms with E-state index in [2.05, 4.69) is 5.32 Å². The maximum absolute atomic E-state index is 6.19. The Morgan fingerprint density at radius 1 is 0.952 bits per heavy atom. The van der Waals surface area contributed by atoms with Gasteiger partial charge >= 0.3 is 0 Å². The monoisotopic (exact) mass is 289 g/mol. The topological polar surface area (TPSA) is 30.5 Å². The molecule has 3 rings (SSSR count). The molecule has 2 fully saturated rings. The molecule has 1 atom stereocenters. The van der Waals surface area contributed by atoms with Crippen molar-refractivity contribution >= 4 is 0 Å². The normalized spacial score (nSPS) is 23.7. The number of ether oxygens (including phenoxy) is 2. The van der Waals surface area contributed by atoms with Crippen molar-refractivity contribution in [3.8, 4) is 11.5 Å². The Labute approximate surface area is 128 Å². The fraction of sp³-hybridized carbons (Fsp3) is 0.667. The first-order valence-electron chi connectivity index (χ1n) is 8.51. The highest BCUT2D eigenvalue weighted by molar-refractivity contribution is 5.39. The number of piperidine rings is 1. The molecule has 1 aromatic rings. The third-order valence-electron chi connectivity index (χ3n) is 4.57. The Bertz CT molecular complexity index is 423. The van der Waals surface area contributed by atoms with Gasteiger partial charge in [0.2, 0.25) is 0 Å². The molecule has 1 heterocycles. The summed E-state index contributed by atoms with van der Waals surface area (Å²) >= 11 is 0. The van der Waals surface area contributed by atoms with Gasteiger partial charge in [0.15, 0.2) is 11.5 Å². The van der Waals surface area contributed by atoms with Gasteiger partial charge < -0.3 is 14.8 Å². The molecule has 0 amide bonds. The summed E-state index contributed by atoms with van der Waals surface area (Å²) < 4.78 is 12.2. The van der Waals surface area contributed by atoms with Gasteiger partial charge in [-0.15, -0.1) is 0 Å². The first kappa shape index (κ1) is 14.7. The SMILES string of the molecule is c1ccc(OC2CCCCC2)c(OC[C@H]2CCCNC2)c1. The lowest BCUT2D eigenvalue weighted by Crippen LogP contribution is -2.33. The van der Waals surface area contributed by atoms with Crippen LogP contribution in [0, 0.1) is 5.92 Å². The van der Waals surface area contributed by atoms with Gasteiger partial charge in [-0.3, -0.25) is 0 Å². The van der Waals surface area contributed by atoms with Crippen LogP contribution in [0.15, 0.2) is 24.3 Å². The molecular formula is C18H27NO2. The summed E-state index contributed by atoms with van der Waals surface area (Å²) in [7, 11) is 0. The Balaban J connectivity index is 1.56. The Kier molecular flexibility index (Phi) is 5.39.